The molecule has 0 radical (unpaired) electrons. The average Bonchev–Trinajstić information content (AvgIpc) is 2.84. The summed E-state index contributed by atoms with van der Waals surface area (Å²) >= 11 is 3.30. The van der Waals surface area contributed by atoms with Crippen LogP contribution in [-0.2, 0) is 13.0 Å². The zero-order valence-electron chi connectivity index (χ0n) is 10.9. The quantitative estimate of drug-likeness (QED) is 0.880. The normalized spacial score (nSPS) is 10.5. The second-order valence-electron chi connectivity index (χ2n) is 3.99. The van der Waals surface area contributed by atoms with Crippen molar-refractivity contribution < 1.29 is 4.79 Å². The molecule has 19 heavy (non-hydrogen) atoms. The number of carbonyl (C=O) groups is 1. The molecule has 0 saturated carbocycles. The van der Waals surface area contributed by atoms with Gasteiger partial charge in [0, 0.05) is 12.7 Å². The third kappa shape index (κ3) is 3.01. The number of halogens is 1. The summed E-state index contributed by atoms with van der Waals surface area (Å²) in [4.78, 5) is 16.3. The lowest BCUT2D eigenvalue weighted by molar-refractivity contribution is 0.101. The molecular formula is C13H15BrN4O. The predicted octanol–water partition coefficient (Wildman–Crippen LogP) is 2.88. The number of aryl methyl sites for hydroxylation is 2. The van der Waals surface area contributed by atoms with Crippen LogP contribution in [0.15, 0.2) is 29.0 Å². The fraction of sp³-hybridized carbons (Fsp3) is 0.308. The Kier molecular flexibility index (Phi) is 4.31. The lowest BCUT2D eigenvalue weighted by Gasteiger charge is -2.07. The van der Waals surface area contributed by atoms with Gasteiger partial charge in [-0.3, -0.25) is 9.48 Å². The van der Waals surface area contributed by atoms with Crippen molar-refractivity contribution in [3.63, 3.8) is 0 Å². The van der Waals surface area contributed by atoms with Gasteiger partial charge in [-0.05, 0) is 47.5 Å². The van der Waals surface area contributed by atoms with Crippen molar-refractivity contribution in [2.24, 2.45) is 0 Å². The lowest BCUT2D eigenvalue weighted by Crippen LogP contribution is -2.17. The third-order valence-electron chi connectivity index (χ3n) is 2.73. The number of anilines is 1. The molecule has 2 aromatic heterocycles. The van der Waals surface area contributed by atoms with Crippen LogP contribution in [0.25, 0.3) is 0 Å². The number of nitrogens with zero attached hydrogens (tertiary/aromatic N) is 3. The highest BCUT2D eigenvalue weighted by Crippen LogP contribution is 2.19. The molecule has 6 heteroatoms. The summed E-state index contributed by atoms with van der Waals surface area (Å²) in [6.07, 6.45) is 2.47. The minimum atomic E-state index is -0.178. The molecule has 0 fully saturated rings. The van der Waals surface area contributed by atoms with Gasteiger partial charge in [0.1, 0.15) is 10.3 Å². The summed E-state index contributed by atoms with van der Waals surface area (Å²) < 4.78 is 2.32. The molecule has 2 rings (SSSR count). The van der Waals surface area contributed by atoms with E-state index in [9.17, 15) is 4.79 Å². The molecule has 5 nitrogen and oxygen atoms in total. The zero-order valence-corrected chi connectivity index (χ0v) is 12.4. The zero-order chi connectivity index (χ0) is 13.8. The molecule has 0 aliphatic carbocycles. The van der Waals surface area contributed by atoms with E-state index in [-0.39, 0.29) is 5.91 Å². The van der Waals surface area contributed by atoms with E-state index in [1.807, 2.05) is 19.9 Å². The first-order valence-corrected chi connectivity index (χ1v) is 6.93. The third-order valence-corrected chi connectivity index (χ3v) is 3.36. The molecule has 1 amide bonds. The molecule has 2 aromatic rings. The first-order valence-electron chi connectivity index (χ1n) is 6.14. The molecule has 0 aliphatic rings. The van der Waals surface area contributed by atoms with Gasteiger partial charge in [0.15, 0.2) is 0 Å². The van der Waals surface area contributed by atoms with Gasteiger partial charge in [0.2, 0.25) is 0 Å². The number of aromatic nitrogens is 3. The largest absolute Gasteiger partial charge is 0.318 e. The highest BCUT2D eigenvalue weighted by Gasteiger charge is 2.15. The summed E-state index contributed by atoms with van der Waals surface area (Å²) in [5, 5.41) is 7.19. The van der Waals surface area contributed by atoms with E-state index in [1.165, 1.54) is 0 Å². The molecule has 0 spiro atoms. The van der Waals surface area contributed by atoms with Crippen LogP contribution in [0.2, 0.25) is 0 Å². The van der Waals surface area contributed by atoms with Crippen LogP contribution < -0.4 is 5.32 Å². The van der Waals surface area contributed by atoms with Gasteiger partial charge in [-0.25, -0.2) is 4.98 Å². The van der Waals surface area contributed by atoms with Crippen molar-refractivity contribution in [2.45, 2.75) is 26.8 Å². The Labute approximate surface area is 120 Å². The SMILES string of the molecule is CCc1cc(C(=O)Nc2cccnc2Br)n(CC)n1. The van der Waals surface area contributed by atoms with E-state index in [2.05, 4.69) is 31.3 Å². The molecule has 0 unspecified atom stereocenters. The smallest absolute Gasteiger partial charge is 0.274 e. The van der Waals surface area contributed by atoms with Crippen LogP contribution >= 0.6 is 15.9 Å². The minimum absolute atomic E-state index is 0.178. The summed E-state index contributed by atoms with van der Waals surface area (Å²) in [7, 11) is 0. The number of nitrogens with one attached hydrogen (secondary N) is 1. The monoisotopic (exact) mass is 322 g/mol. The number of hydrogen-bond donors (Lipinski definition) is 1. The Bertz CT molecular complexity index is 594. The Morgan fingerprint density at radius 3 is 2.89 bits per heavy atom. The minimum Gasteiger partial charge on any atom is -0.318 e. The second kappa shape index (κ2) is 5.97. The van der Waals surface area contributed by atoms with Crippen LogP contribution in [0.4, 0.5) is 5.69 Å². The maximum absolute atomic E-state index is 12.3. The number of rotatable bonds is 4. The van der Waals surface area contributed by atoms with Gasteiger partial charge in [-0.1, -0.05) is 6.92 Å². The standard InChI is InChI=1S/C13H15BrN4O/c1-3-9-8-11(18(4-2)17-9)13(19)16-10-6-5-7-15-12(10)14/h5-8H,3-4H2,1-2H3,(H,16,19). The highest BCUT2D eigenvalue weighted by molar-refractivity contribution is 9.10. The fourth-order valence-electron chi connectivity index (χ4n) is 1.73. The topological polar surface area (TPSA) is 59.8 Å². The predicted molar refractivity (Wildman–Crippen MR) is 77.2 cm³/mol. The second-order valence-corrected chi connectivity index (χ2v) is 4.74. The van der Waals surface area contributed by atoms with E-state index >= 15 is 0 Å². The maximum Gasteiger partial charge on any atom is 0.274 e. The summed E-state index contributed by atoms with van der Waals surface area (Å²) in [5.41, 5.74) is 2.13. The van der Waals surface area contributed by atoms with Gasteiger partial charge in [-0.15, -0.1) is 0 Å². The molecule has 100 valence electrons. The first kappa shape index (κ1) is 13.7. The molecule has 1 N–H and O–H groups in total. The average molecular weight is 323 g/mol. The Balaban J connectivity index is 2.25. The lowest BCUT2D eigenvalue weighted by atomic mass is 10.3. The van der Waals surface area contributed by atoms with E-state index in [1.54, 1.807) is 23.0 Å². The molecule has 2 heterocycles. The summed E-state index contributed by atoms with van der Waals surface area (Å²) in [6, 6.07) is 5.39. The van der Waals surface area contributed by atoms with Gasteiger partial charge in [0.25, 0.3) is 5.91 Å². The molecule has 0 aliphatic heterocycles. The van der Waals surface area contributed by atoms with Gasteiger partial charge in [0.05, 0.1) is 11.4 Å². The summed E-state index contributed by atoms with van der Waals surface area (Å²) in [6.45, 7) is 4.64. The maximum atomic E-state index is 12.3. The molecular weight excluding hydrogens is 308 g/mol. The summed E-state index contributed by atoms with van der Waals surface area (Å²) in [5.74, 6) is -0.178. The van der Waals surface area contributed by atoms with Crippen molar-refractivity contribution in [3.8, 4) is 0 Å². The van der Waals surface area contributed by atoms with Crippen LogP contribution in [0.3, 0.4) is 0 Å². The Morgan fingerprint density at radius 2 is 2.26 bits per heavy atom. The van der Waals surface area contributed by atoms with Crippen molar-refractivity contribution in [1.82, 2.24) is 14.8 Å². The van der Waals surface area contributed by atoms with Crippen molar-refractivity contribution >= 4 is 27.5 Å². The van der Waals surface area contributed by atoms with Crippen molar-refractivity contribution in [2.75, 3.05) is 5.32 Å². The fourth-order valence-corrected chi connectivity index (χ4v) is 2.08. The number of hydrogen-bond acceptors (Lipinski definition) is 3. The molecule has 0 aromatic carbocycles. The van der Waals surface area contributed by atoms with Gasteiger partial charge < -0.3 is 5.32 Å². The Hall–Kier alpha value is -1.69. The van der Waals surface area contributed by atoms with Crippen molar-refractivity contribution in [3.05, 3.63) is 40.4 Å². The molecule has 0 atom stereocenters. The first-order chi connectivity index (χ1) is 9.15. The van der Waals surface area contributed by atoms with E-state index in [4.69, 9.17) is 0 Å². The van der Waals surface area contributed by atoms with Gasteiger partial charge >= 0.3 is 0 Å². The molecule has 0 saturated heterocycles. The van der Waals surface area contributed by atoms with Crippen LogP contribution in [-0.4, -0.2) is 20.7 Å². The van der Waals surface area contributed by atoms with E-state index in [0.29, 0.717) is 22.5 Å². The van der Waals surface area contributed by atoms with E-state index < -0.39 is 0 Å². The number of pyridine rings is 1. The number of amides is 1. The molecule has 0 bridgehead atoms. The van der Waals surface area contributed by atoms with Crippen molar-refractivity contribution in [1.29, 1.82) is 0 Å². The Morgan fingerprint density at radius 1 is 1.47 bits per heavy atom. The number of carbonyl (C=O) groups excluding carboxylic acids is 1. The van der Waals surface area contributed by atoms with Gasteiger partial charge in [-0.2, -0.15) is 5.10 Å². The highest BCUT2D eigenvalue weighted by atomic mass is 79.9. The van der Waals surface area contributed by atoms with Crippen LogP contribution in [0, 0.1) is 0 Å². The van der Waals surface area contributed by atoms with Crippen LogP contribution in [0.1, 0.15) is 30.0 Å². The van der Waals surface area contributed by atoms with Crippen LogP contribution in [0.5, 0.6) is 0 Å². The van der Waals surface area contributed by atoms with E-state index in [0.717, 1.165) is 12.1 Å².